The Balaban J connectivity index is 2.10. The van der Waals surface area contributed by atoms with Gasteiger partial charge >= 0.3 is 5.97 Å². The second-order valence-corrected chi connectivity index (χ2v) is 6.62. The van der Waals surface area contributed by atoms with Crippen LogP contribution in [0.1, 0.15) is 35.7 Å². The monoisotopic (exact) mass is 379 g/mol. The Labute approximate surface area is 160 Å². The molecule has 0 radical (unpaired) electrons. The fraction of sp³-hybridized carbons (Fsp3) is 0.143. The molecule has 0 fully saturated rings. The molecule has 3 aromatic rings. The molecule has 0 amide bonds. The van der Waals surface area contributed by atoms with Crippen LogP contribution in [0.15, 0.2) is 48.5 Å². The van der Waals surface area contributed by atoms with Crippen LogP contribution in [0.25, 0.3) is 16.1 Å². The number of hydrogen-bond donors (Lipinski definition) is 1. The van der Waals surface area contributed by atoms with Crippen LogP contribution in [-0.4, -0.2) is 21.0 Å². The van der Waals surface area contributed by atoms with Gasteiger partial charge in [-0.05, 0) is 50.2 Å². The third-order valence-corrected chi connectivity index (χ3v) is 4.45. The molecular formula is C21H15F2N3O2. The van der Waals surface area contributed by atoms with Crippen LogP contribution in [-0.2, 0) is 5.41 Å². The fourth-order valence-corrected chi connectivity index (χ4v) is 2.81. The molecule has 0 aliphatic carbocycles. The van der Waals surface area contributed by atoms with Crippen molar-refractivity contribution in [3.8, 4) is 11.3 Å². The molecule has 3 rings (SSSR count). The molecule has 0 unspecified atom stereocenters. The highest BCUT2D eigenvalue weighted by Gasteiger charge is 2.28. The molecule has 28 heavy (non-hydrogen) atoms. The number of halogens is 2. The molecule has 0 atom stereocenters. The van der Waals surface area contributed by atoms with E-state index in [-0.39, 0.29) is 17.0 Å². The molecule has 2 heterocycles. The van der Waals surface area contributed by atoms with E-state index in [9.17, 15) is 13.6 Å². The summed E-state index contributed by atoms with van der Waals surface area (Å²) in [4.78, 5) is 22.8. The molecular weight excluding hydrogens is 364 g/mol. The SMILES string of the molecule is [C-]#[N+]c1c(F)ccc(-c2cccc(C(C)(C)c3cccc(C(=O)O)n3)n2)c1F. The van der Waals surface area contributed by atoms with E-state index in [1.807, 2.05) is 13.8 Å². The van der Waals surface area contributed by atoms with Gasteiger partial charge in [0.2, 0.25) is 0 Å². The molecule has 1 aromatic carbocycles. The van der Waals surface area contributed by atoms with Crippen molar-refractivity contribution >= 4 is 11.7 Å². The minimum Gasteiger partial charge on any atom is -0.477 e. The Hall–Kier alpha value is -3.66. The lowest BCUT2D eigenvalue weighted by atomic mass is 9.84. The largest absolute Gasteiger partial charge is 0.477 e. The second-order valence-electron chi connectivity index (χ2n) is 6.62. The number of hydrogen-bond acceptors (Lipinski definition) is 3. The summed E-state index contributed by atoms with van der Waals surface area (Å²) in [5, 5.41) is 9.17. The van der Waals surface area contributed by atoms with Crippen LogP contribution in [0.3, 0.4) is 0 Å². The van der Waals surface area contributed by atoms with Crippen LogP contribution in [0.2, 0.25) is 0 Å². The van der Waals surface area contributed by atoms with Gasteiger partial charge in [-0.2, -0.15) is 0 Å². The van der Waals surface area contributed by atoms with Gasteiger partial charge in [-0.25, -0.2) is 23.4 Å². The van der Waals surface area contributed by atoms with E-state index in [0.29, 0.717) is 11.4 Å². The Kier molecular flexibility index (Phi) is 4.89. The summed E-state index contributed by atoms with van der Waals surface area (Å²) in [6.07, 6.45) is 0. The van der Waals surface area contributed by atoms with Crippen molar-refractivity contribution in [3.63, 3.8) is 0 Å². The number of aromatic carboxylic acids is 1. The predicted molar refractivity (Wildman–Crippen MR) is 99.2 cm³/mol. The Morgan fingerprint density at radius 3 is 2.32 bits per heavy atom. The third-order valence-electron chi connectivity index (χ3n) is 4.45. The van der Waals surface area contributed by atoms with Crippen LogP contribution >= 0.6 is 0 Å². The van der Waals surface area contributed by atoms with Gasteiger partial charge in [0.1, 0.15) is 17.3 Å². The van der Waals surface area contributed by atoms with E-state index in [1.54, 1.807) is 30.3 Å². The summed E-state index contributed by atoms with van der Waals surface area (Å²) in [5.41, 5.74) is -0.292. The first-order valence-electron chi connectivity index (χ1n) is 8.30. The zero-order valence-electron chi connectivity index (χ0n) is 15.1. The van der Waals surface area contributed by atoms with Gasteiger partial charge in [0.25, 0.3) is 5.69 Å². The van der Waals surface area contributed by atoms with Gasteiger partial charge in [-0.3, -0.25) is 4.98 Å². The lowest BCUT2D eigenvalue weighted by Gasteiger charge is -2.24. The number of carboxylic acids is 1. The number of carboxylic acid groups (broad SMARTS) is 1. The lowest BCUT2D eigenvalue weighted by Crippen LogP contribution is -2.23. The summed E-state index contributed by atoms with van der Waals surface area (Å²) >= 11 is 0. The molecule has 0 bridgehead atoms. The summed E-state index contributed by atoms with van der Waals surface area (Å²) in [6, 6.07) is 11.9. The van der Waals surface area contributed by atoms with Crippen molar-refractivity contribution in [2.45, 2.75) is 19.3 Å². The second kappa shape index (κ2) is 7.16. The minimum absolute atomic E-state index is 0.0114. The van der Waals surface area contributed by atoms with E-state index in [0.717, 1.165) is 6.07 Å². The molecule has 1 N–H and O–H groups in total. The molecule has 7 heteroatoms. The highest BCUT2D eigenvalue weighted by molar-refractivity contribution is 5.85. The third kappa shape index (κ3) is 3.32. The highest BCUT2D eigenvalue weighted by Crippen LogP contribution is 2.34. The Morgan fingerprint density at radius 2 is 1.68 bits per heavy atom. The van der Waals surface area contributed by atoms with Crippen LogP contribution < -0.4 is 0 Å². The van der Waals surface area contributed by atoms with Crippen molar-refractivity contribution in [1.82, 2.24) is 9.97 Å². The summed E-state index contributed by atoms with van der Waals surface area (Å²) in [6.45, 7) is 10.6. The average Bonchev–Trinajstić information content (AvgIpc) is 2.68. The first kappa shape index (κ1) is 19.1. The van der Waals surface area contributed by atoms with Gasteiger partial charge < -0.3 is 5.11 Å². The maximum absolute atomic E-state index is 14.5. The molecule has 0 spiro atoms. The fourth-order valence-electron chi connectivity index (χ4n) is 2.81. The van der Waals surface area contributed by atoms with Crippen LogP contribution in [0, 0.1) is 18.2 Å². The predicted octanol–water partition coefficient (Wildman–Crippen LogP) is 5.00. The zero-order valence-corrected chi connectivity index (χ0v) is 15.1. The molecule has 2 aromatic heterocycles. The maximum Gasteiger partial charge on any atom is 0.354 e. The maximum atomic E-state index is 14.5. The smallest absolute Gasteiger partial charge is 0.354 e. The highest BCUT2D eigenvalue weighted by atomic mass is 19.1. The van der Waals surface area contributed by atoms with Gasteiger partial charge in [-0.1, -0.05) is 12.1 Å². The Bertz CT molecular complexity index is 1120. The number of benzene rings is 1. The van der Waals surface area contributed by atoms with Crippen molar-refractivity contribution in [3.05, 3.63) is 88.7 Å². The molecule has 0 saturated carbocycles. The number of nitrogens with zero attached hydrogens (tertiary/aromatic N) is 3. The van der Waals surface area contributed by atoms with E-state index in [2.05, 4.69) is 14.8 Å². The zero-order chi connectivity index (χ0) is 20.5. The molecule has 5 nitrogen and oxygen atoms in total. The first-order chi connectivity index (χ1) is 13.3. The van der Waals surface area contributed by atoms with E-state index < -0.39 is 28.7 Å². The molecule has 140 valence electrons. The van der Waals surface area contributed by atoms with Crippen LogP contribution in [0.5, 0.6) is 0 Å². The normalized spacial score (nSPS) is 11.1. The van der Waals surface area contributed by atoms with Gasteiger partial charge in [0.15, 0.2) is 0 Å². The summed E-state index contributed by atoms with van der Waals surface area (Å²) in [7, 11) is 0. The topological polar surface area (TPSA) is 67.4 Å². The number of carbonyl (C=O) groups is 1. The van der Waals surface area contributed by atoms with Gasteiger partial charge in [-0.15, -0.1) is 0 Å². The first-order valence-corrected chi connectivity index (χ1v) is 8.30. The van der Waals surface area contributed by atoms with E-state index in [1.165, 1.54) is 12.1 Å². The van der Waals surface area contributed by atoms with Crippen molar-refractivity contribution in [2.24, 2.45) is 0 Å². The van der Waals surface area contributed by atoms with Crippen molar-refractivity contribution in [2.75, 3.05) is 0 Å². The average molecular weight is 379 g/mol. The Morgan fingerprint density at radius 1 is 1.04 bits per heavy atom. The number of rotatable bonds is 4. The summed E-state index contributed by atoms with van der Waals surface area (Å²) in [5.74, 6) is -3.04. The lowest BCUT2D eigenvalue weighted by molar-refractivity contribution is 0.0690. The van der Waals surface area contributed by atoms with Gasteiger partial charge in [0.05, 0.1) is 23.7 Å². The van der Waals surface area contributed by atoms with Crippen molar-refractivity contribution in [1.29, 1.82) is 0 Å². The van der Waals surface area contributed by atoms with Gasteiger partial charge in [0, 0.05) is 11.0 Å². The molecule has 0 saturated heterocycles. The molecule has 0 aliphatic heterocycles. The molecule has 0 aliphatic rings. The minimum atomic E-state index is -1.14. The summed E-state index contributed by atoms with van der Waals surface area (Å²) < 4.78 is 28.2. The van der Waals surface area contributed by atoms with Crippen LogP contribution in [0.4, 0.5) is 14.5 Å². The van der Waals surface area contributed by atoms with E-state index in [4.69, 9.17) is 11.7 Å². The number of aromatic nitrogens is 2. The van der Waals surface area contributed by atoms with Crippen molar-refractivity contribution < 1.29 is 18.7 Å². The van der Waals surface area contributed by atoms with E-state index >= 15 is 0 Å². The number of pyridine rings is 2. The quantitative estimate of drug-likeness (QED) is 0.648. The standard InChI is InChI=1S/C21H15F2N3O2/c1-21(2,17-9-5-7-15(26-17)20(27)28)16-8-4-6-14(25-16)12-10-11-13(22)19(24-3)18(12)23/h4-11H,1-2H3,(H,27,28).